The highest BCUT2D eigenvalue weighted by Crippen LogP contribution is 2.23. The number of ether oxygens (including phenoxy) is 1. The number of amides is 1. The molecule has 0 fully saturated rings. The SMILES string of the molecule is CC(=NNC(=O)c1ccc(CSc2nc3ccccc3[nH]2)cc1)c1ccc(OC(F)F)cc1. The van der Waals surface area contributed by atoms with Crippen LogP contribution in [-0.4, -0.2) is 28.2 Å². The maximum absolute atomic E-state index is 12.4. The van der Waals surface area contributed by atoms with Crippen molar-refractivity contribution >= 4 is 34.4 Å². The first-order valence-electron chi connectivity index (χ1n) is 10.0. The van der Waals surface area contributed by atoms with E-state index in [4.69, 9.17) is 0 Å². The summed E-state index contributed by atoms with van der Waals surface area (Å²) in [5.41, 5.74) is 7.19. The summed E-state index contributed by atoms with van der Waals surface area (Å²) < 4.78 is 28.8. The van der Waals surface area contributed by atoms with Gasteiger partial charge in [-0.2, -0.15) is 13.9 Å². The number of aromatic nitrogens is 2. The van der Waals surface area contributed by atoms with Crippen molar-refractivity contribution in [2.45, 2.75) is 24.4 Å². The van der Waals surface area contributed by atoms with Gasteiger partial charge in [0.1, 0.15) is 5.75 Å². The normalized spacial score (nSPS) is 11.7. The number of fused-ring (bicyclic) bond motifs is 1. The minimum atomic E-state index is -2.87. The molecule has 0 saturated carbocycles. The fourth-order valence-electron chi connectivity index (χ4n) is 3.04. The van der Waals surface area contributed by atoms with E-state index in [1.807, 2.05) is 36.4 Å². The summed E-state index contributed by atoms with van der Waals surface area (Å²) in [5, 5.41) is 4.94. The minimum absolute atomic E-state index is 0.0594. The quantitative estimate of drug-likeness (QED) is 0.201. The maximum Gasteiger partial charge on any atom is 0.387 e. The first-order chi connectivity index (χ1) is 16.0. The average Bonchev–Trinajstić information content (AvgIpc) is 3.24. The molecule has 0 aliphatic heterocycles. The Morgan fingerprint density at radius 1 is 1.06 bits per heavy atom. The molecule has 1 aromatic heterocycles. The third-order valence-electron chi connectivity index (χ3n) is 4.78. The molecule has 0 aliphatic rings. The number of nitrogens with one attached hydrogen (secondary N) is 2. The molecule has 4 rings (SSSR count). The van der Waals surface area contributed by atoms with Gasteiger partial charge in [-0.25, -0.2) is 10.4 Å². The lowest BCUT2D eigenvalue weighted by Crippen LogP contribution is -2.19. The highest BCUT2D eigenvalue weighted by atomic mass is 32.2. The Morgan fingerprint density at radius 3 is 2.45 bits per heavy atom. The van der Waals surface area contributed by atoms with Gasteiger partial charge >= 0.3 is 6.61 Å². The number of imidazole rings is 1. The van der Waals surface area contributed by atoms with Gasteiger partial charge in [-0.15, -0.1) is 0 Å². The monoisotopic (exact) mass is 466 g/mol. The molecule has 3 aromatic carbocycles. The van der Waals surface area contributed by atoms with Gasteiger partial charge in [-0.1, -0.05) is 36.0 Å². The van der Waals surface area contributed by atoms with Gasteiger partial charge in [0.05, 0.1) is 16.7 Å². The fraction of sp³-hybridized carbons (Fsp3) is 0.125. The standard InChI is InChI=1S/C24H20F2N4O2S/c1-15(17-10-12-19(13-11-17)32-23(25)26)29-30-22(31)18-8-6-16(7-9-18)14-33-24-27-20-4-2-3-5-21(20)28-24/h2-13,23H,14H2,1H3,(H,27,28)(H,30,31). The Bertz CT molecular complexity index is 1240. The van der Waals surface area contributed by atoms with Crippen LogP contribution in [0.2, 0.25) is 0 Å². The number of thioether (sulfide) groups is 1. The number of carbonyl (C=O) groups is 1. The van der Waals surface area contributed by atoms with E-state index >= 15 is 0 Å². The van der Waals surface area contributed by atoms with Crippen LogP contribution in [0.15, 0.2) is 83.1 Å². The number of benzene rings is 3. The van der Waals surface area contributed by atoms with Crippen molar-refractivity contribution in [3.63, 3.8) is 0 Å². The smallest absolute Gasteiger partial charge is 0.387 e. The minimum Gasteiger partial charge on any atom is -0.435 e. The highest BCUT2D eigenvalue weighted by Gasteiger charge is 2.08. The van der Waals surface area contributed by atoms with Crippen LogP contribution in [0.1, 0.15) is 28.4 Å². The summed E-state index contributed by atoms with van der Waals surface area (Å²) in [6, 6.07) is 21.2. The molecule has 4 aromatic rings. The van der Waals surface area contributed by atoms with Gasteiger partial charge in [-0.3, -0.25) is 4.79 Å². The summed E-state index contributed by atoms with van der Waals surface area (Å²) >= 11 is 1.59. The zero-order chi connectivity index (χ0) is 23.2. The van der Waals surface area contributed by atoms with Crippen molar-refractivity contribution in [2.75, 3.05) is 0 Å². The first kappa shape index (κ1) is 22.5. The summed E-state index contributed by atoms with van der Waals surface area (Å²) in [7, 11) is 0. The molecular weight excluding hydrogens is 446 g/mol. The van der Waals surface area contributed by atoms with Gasteiger partial charge < -0.3 is 9.72 Å². The van der Waals surface area contributed by atoms with E-state index in [0.717, 1.165) is 21.8 Å². The number of aromatic amines is 1. The van der Waals surface area contributed by atoms with Crippen molar-refractivity contribution < 1.29 is 18.3 Å². The Morgan fingerprint density at radius 2 is 1.76 bits per heavy atom. The number of rotatable bonds is 8. The van der Waals surface area contributed by atoms with Gasteiger partial charge in [-0.05, 0) is 66.6 Å². The van der Waals surface area contributed by atoms with Crippen molar-refractivity contribution in [3.8, 4) is 5.75 Å². The third kappa shape index (κ3) is 5.95. The molecule has 6 nitrogen and oxygen atoms in total. The molecule has 1 amide bonds. The molecule has 0 bridgehead atoms. The molecule has 168 valence electrons. The molecular formula is C24H20F2N4O2S. The molecule has 33 heavy (non-hydrogen) atoms. The average molecular weight is 467 g/mol. The van der Waals surface area contributed by atoms with E-state index < -0.39 is 6.61 Å². The second kappa shape index (κ2) is 10.3. The highest BCUT2D eigenvalue weighted by molar-refractivity contribution is 7.98. The maximum atomic E-state index is 12.4. The lowest BCUT2D eigenvalue weighted by molar-refractivity contribution is -0.0498. The first-order valence-corrected chi connectivity index (χ1v) is 11.0. The topological polar surface area (TPSA) is 79.4 Å². The Hall–Kier alpha value is -3.72. The number of hydrogen-bond acceptors (Lipinski definition) is 5. The number of hydrogen-bond donors (Lipinski definition) is 2. The lowest BCUT2D eigenvalue weighted by atomic mass is 10.1. The number of carbonyl (C=O) groups excluding carboxylic acids is 1. The van der Waals surface area contributed by atoms with Crippen molar-refractivity contribution in [1.29, 1.82) is 0 Å². The van der Waals surface area contributed by atoms with E-state index in [1.54, 1.807) is 43.0 Å². The van der Waals surface area contributed by atoms with E-state index in [-0.39, 0.29) is 11.7 Å². The number of alkyl halides is 2. The number of halogens is 2. The number of nitrogens with zero attached hydrogens (tertiary/aromatic N) is 2. The number of para-hydroxylation sites is 2. The van der Waals surface area contributed by atoms with Gasteiger partial charge in [0, 0.05) is 11.3 Å². The van der Waals surface area contributed by atoms with Gasteiger partial charge in [0.2, 0.25) is 0 Å². The molecule has 2 N–H and O–H groups in total. The van der Waals surface area contributed by atoms with E-state index in [1.165, 1.54) is 12.1 Å². The van der Waals surface area contributed by atoms with Crippen LogP contribution in [-0.2, 0) is 5.75 Å². The van der Waals surface area contributed by atoms with Crippen molar-refractivity contribution in [2.24, 2.45) is 5.10 Å². The van der Waals surface area contributed by atoms with Crippen LogP contribution >= 0.6 is 11.8 Å². The molecule has 0 spiro atoms. The summed E-state index contributed by atoms with van der Waals surface area (Å²) in [5.74, 6) is 0.428. The number of H-pyrrole nitrogens is 1. The molecule has 0 atom stereocenters. The zero-order valence-electron chi connectivity index (χ0n) is 17.6. The van der Waals surface area contributed by atoms with E-state index in [0.29, 0.717) is 22.6 Å². The largest absolute Gasteiger partial charge is 0.435 e. The molecule has 0 radical (unpaired) electrons. The summed E-state index contributed by atoms with van der Waals surface area (Å²) in [4.78, 5) is 20.2. The Kier molecular flexibility index (Phi) is 6.99. The van der Waals surface area contributed by atoms with Crippen LogP contribution in [0, 0.1) is 0 Å². The van der Waals surface area contributed by atoms with Gasteiger partial charge in [0.25, 0.3) is 5.91 Å². The summed E-state index contributed by atoms with van der Waals surface area (Å²) in [6.45, 7) is -1.16. The molecule has 0 aliphatic carbocycles. The predicted octanol–water partition coefficient (Wildman–Crippen LogP) is 5.61. The van der Waals surface area contributed by atoms with Crippen LogP contribution in [0.3, 0.4) is 0 Å². The second-order valence-electron chi connectivity index (χ2n) is 7.09. The Labute approximate surface area is 193 Å². The number of hydrazone groups is 1. The lowest BCUT2D eigenvalue weighted by Gasteiger charge is -2.06. The van der Waals surface area contributed by atoms with Crippen LogP contribution in [0.4, 0.5) is 8.78 Å². The van der Waals surface area contributed by atoms with E-state index in [9.17, 15) is 13.6 Å². The van der Waals surface area contributed by atoms with Crippen molar-refractivity contribution in [1.82, 2.24) is 15.4 Å². The van der Waals surface area contributed by atoms with E-state index in [2.05, 4.69) is 25.2 Å². The molecule has 9 heteroatoms. The molecule has 0 unspecified atom stereocenters. The van der Waals surface area contributed by atoms with Crippen LogP contribution in [0.5, 0.6) is 5.75 Å². The predicted molar refractivity (Wildman–Crippen MR) is 125 cm³/mol. The van der Waals surface area contributed by atoms with Gasteiger partial charge in [0.15, 0.2) is 5.16 Å². The molecule has 1 heterocycles. The van der Waals surface area contributed by atoms with Crippen LogP contribution in [0.25, 0.3) is 11.0 Å². The second-order valence-corrected chi connectivity index (χ2v) is 8.05. The zero-order valence-corrected chi connectivity index (χ0v) is 18.4. The van der Waals surface area contributed by atoms with Crippen LogP contribution < -0.4 is 10.2 Å². The summed E-state index contributed by atoms with van der Waals surface area (Å²) in [6.07, 6.45) is 0. The fourth-order valence-corrected chi connectivity index (χ4v) is 3.88. The Balaban J connectivity index is 1.32. The third-order valence-corrected chi connectivity index (χ3v) is 5.73. The molecule has 0 saturated heterocycles. The van der Waals surface area contributed by atoms with Crippen molar-refractivity contribution in [3.05, 3.63) is 89.5 Å².